The fraction of sp³-hybridized carbons (Fsp3) is 0.286. The van der Waals surface area contributed by atoms with Crippen LogP contribution in [0.15, 0.2) is 59.1 Å². The van der Waals surface area contributed by atoms with Crippen molar-refractivity contribution in [3.05, 3.63) is 71.8 Å². The highest BCUT2D eigenvalue weighted by Gasteiger charge is 2.22. The summed E-state index contributed by atoms with van der Waals surface area (Å²) in [5.74, 6) is 0.822. The van der Waals surface area contributed by atoms with Crippen LogP contribution in [0.3, 0.4) is 0 Å². The summed E-state index contributed by atoms with van der Waals surface area (Å²) in [5, 5.41) is 4.02. The second-order valence-electron chi connectivity index (χ2n) is 6.84. The first-order valence-electron chi connectivity index (χ1n) is 9.30. The van der Waals surface area contributed by atoms with E-state index in [2.05, 4.69) is 15.0 Å². The van der Waals surface area contributed by atoms with Crippen molar-refractivity contribution in [1.82, 2.24) is 19.9 Å². The van der Waals surface area contributed by atoms with Crippen molar-refractivity contribution in [2.24, 2.45) is 0 Å². The molecule has 144 valence electrons. The van der Waals surface area contributed by atoms with Crippen LogP contribution in [-0.4, -0.2) is 52.0 Å². The van der Waals surface area contributed by atoms with Gasteiger partial charge in [-0.1, -0.05) is 35.5 Å². The van der Waals surface area contributed by atoms with Crippen molar-refractivity contribution < 1.29 is 13.7 Å². The lowest BCUT2D eigenvalue weighted by Gasteiger charge is -2.34. The maximum Gasteiger partial charge on any atom is 0.257 e. The predicted octanol–water partition coefficient (Wildman–Crippen LogP) is 2.76. The lowest BCUT2D eigenvalue weighted by Crippen LogP contribution is -2.48. The first-order chi connectivity index (χ1) is 13.7. The Balaban J connectivity index is 1.29. The van der Waals surface area contributed by atoms with Crippen LogP contribution in [0.1, 0.15) is 11.4 Å². The summed E-state index contributed by atoms with van der Waals surface area (Å²) < 4.78 is 18.3. The van der Waals surface area contributed by atoms with E-state index < -0.39 is 0 Å². The molecule has 6 nitrogen and oxygen atoms in total. The smallest absolute Gasteiger partial charge is 0.257 e. The average Bonchev–Trinajstić information content (AvgIpc) is 3.18. The number of hydrogen-bond donors (Lipinski definition) is 0. The zero-order valence-corrected chi connectivity index (χ0v) is 15.4. The Morgan fingerprint density at radius 2 is 1.71 bits per heavy atom. The molecule has 2 aromatic carbocycles. The van der Waals surface area contributed by atoms with Gasteiger partial charge in [-0.15, -0.1) is 0 Å². The molecule has 1 aromatic heterocycles. The molecule has 1 aliphatic heterocycles. The minimum absolute atomic E-state index is 0.156. The normalized spacial score (nSPS) is 15.0. The number of piperazine rings is 1. The van der Waals surface area contributed by atoms with E-state index in [1.807, 2.05) is 35.2 Å². The quantitative estimate of drug-likeness (QED) is 0.681. The molecule has 0 radical (unpaired) electrons. The van der Waals surface area contributed by atoms with Crippen molar-refractivity contribution >= 4 is 5.91 Å². The molecule has 0 aliphatic carbocycles. The van der Waals surface area contributed by atoms with Crippen molar-refractivity contribution in [3.63, 3.8) is 0 Å². The molecule has 1 fully saturated rings. The lowest BCUT2D eigenvalue weighted by molar-refractivity contribution is -0.132. The van der Waals surface area contributed by atoms with Gasteiger partial charge in [0.05, 0.1) is 13.0 Å². The molecule has 0 atom stereocenters. The average molecular weight is 380 g/mol. The third kappa shape index (κ3) is 4.43. The van der Waals surface area contributed by atoms with E-state index in [0.29, 0.717) is 43.3 Å². The molecule has 0 spiro atoms. The molecule has 1 saturated heterocycles. The Morgan fingerprint density at radius 3 is 2.43 bits per heavy atom. The van der Waals surface area contributed by atoms with Crippen LogP contribution in [0, 0.1) is 5.82 Å². The Bertz CT molecular complexity index is 919. The summed E-state index contributed by atoms with van der Waals surface area (Å²) in [5.41, 5.74) is 1.73. The summed E-state index contributed by atoms with van der Waals surface area (Å²) in [6, 6.07) is 15.8. The minimum Gasteiger partial charge on any atom is -0.340 e. The van der Waals surface area contributed by atoms with Gasteiger partial charge in [0.2, 0.25) is 5.91 Å². The highest BCUT2D eigenvalue weighted by Crippen LogP contribution is 2.18. The highest BCUT2D eigenvalue weighted by molar-refractivity contribution is 5.78. The van der Waals surface area contributed by atoms with Gasteiger partial charge >= 0.3 is 0 Å². The van der Waals surface area contributed by atoms with Crippen LogP contribution in [0.2, 0.25) is 0 Å². The van der Waals surface area contributed by atoms with E-state index in [-0.39, 0.29) is 11.7 Å². The topological polar surface area (TPSA) is 62.5 Å². The van der Waals surface area contributed by atoms with Crippen LogP contribution in [0.4, 0.5) is 4.39 Å². The molecular formula is C21H21FN4O2. The first-order valence-corrected chi connectivity index (χ1v) is 9.30. The van der Waals surface area contributed by atoms with Crippen molar-refractivity contribution in [2.45, 2.75) is 13.0 Å². The molecule has 28 heavy (non-hydrogen) atoms. The number of hydrogen-bond acceptors (Lipinski definition) is 5. The van der Waals surface area contributed by atoms with Gasteiger partial charge < -0.3 is 9.42 Å². The third-order valence-corrected chi connectivity index (χ3v) is 4.85. The van der Waals surface area contributed by atoms with Crippen LogP contribution >= 0.6 is 0 Å². The molecule has 0 N–H and O–H groups in total. The number of nitrogens with zero attached hydrogens (tertiary/aromatic N) is 4. The second kappa shape index (κ2) is 8.31. The van der Waals surface area contributed by atoms with E-state index >= 15 is 0 Å². The van der Waals surface area contributed by atoms with Gasteiger partial charge in [-0.25, -0.2) is 4.39 Å². The molecule has 1 aliphatic rings. The van der Waals surface area contributed by atoms with Gasteiger partial charge in [0, 0.05) is 31.7 Å². The van der Waals surface area contributed by atoms with Crippen LogP contribution in [0.5, 0.6) is 0 Å². The fourth-order valence-corrected chi connectivity index (χ4v) is 3.27. The van der Waals surface area contributed by atoms with E-state index in [4.69, 9.17) is 4.52 Å². The molecule has 1 amide bonds. The number of carbonyl (C=O) groups is 1. The van der Waals surface area contributed by atoms with Gasteiger partial charge in [0.25, 0.3) is 5.89 Å². The third-order valence-electron chi connectivity index (χ3n) is 4.85. The number of carbonyl (C=O) groups excluding carboxylic acids is 1. The number of halogens is 1. The molecule has 7 heteroatoms. The standard InChI is InChI=1S/C21H21FN4O2/c22-18-8-6-17(7-9-18)21-23-19(24-28-21)15-25-10-12-26(13-11-25)20(27)14-16-4-2-1-3-5-16/h1-9H,10-15H2. The van der Waals surface area contributed by atoms with Crippen molar-refractivity contribution in [1.29, 1.82) is 0 Å². The molecule has 2 heterocycles. The Morgan fingerprint density at radius 1 is 1.00 bits per heavy atom. The lowest BCUT2D eigenvalue weighted by atomic mass is 10.1. The van der Waals surface area contributed by atoms with Crippen molar-refractivity contribution in [3.8, 4) is 11.5 Å². The number of benzene rings is 2. The molecular weight excluding hydrogens is 359 g/mol. The molecule has 4 rings (SSSR count). The van der Waals surface area contributed by atoms with Crippen molar-refractivity contribution in [2.75, 3.05) is 26.2 Å². The second-order valence-corrected chi connectivity index (χ2v) is 6.84. The van der Waals surface area contributed by atoms with Crippen LogP contribution in [-0.2, 0) is 17.8 Å². The number of amides is 1. The Kier molecular flexibility index (Phi) is 5.43. The molecule has 3 aromatic rings. The highest BCUT2D eigenvalue weighted by atomic mass is 19.1. The monoisotopic (exact) mass is 380 g/mol. The summed E-state index contributed by atoms with van der Waals surface area (Å²) >= 11 is 0. The van der Waals surface area contributed by atoms with Gasteiger partial charge in [0.1, 0.15) is 5.82 Å². The fourth-order valence-electron chi connectivity index (χ4n) is 3.27. The van der Waals surface area contributed by atoms with Gasteiger partial charge in [-0.3, -0.25) is 9.69 Å². The number of rotatable bonds is 5. The Labute approximate surface area is 162 Å². The summed E-state index contributed by atoms with van der Waals surface area (Å²) in [7, 11) is 0. The maximum atomic E-state index is 13.0. The van der Waals surface area contributed by atoms with Crippen LogP contribution < -0.4 is 0 Å². The van der Waals surface area contributed by atoms with E-state index in [0.717, 1.165) is 18.7 Å². The summed E-state index contributed by atoms with van der Waals surface area (Å²) in [6.07, 6.45) is 0.437. The maximum absolute atomic E-state index is 13.0. The zero-order chi connectivity index (χ0) is 19.3. The van der Waals surface area contributed by atoms with Crippen LogP contribution in [0.25, 0.3) is 11.5 Å². The van der Waals surface area contributed by atoms with E-state index in [1.165, 1.54) is 12.1 Å². The molecule has 0 unspecified atom stereocenters. The Hall–Kier alpha value is -3.06. The SMILES string of the molecule is O=C(Cc1ccccc1)N1CCN(Cc2noc(-c3ccc(F)cc3)n2)CC1. The molecule has 0 saturated carbocycles. The summed E-state index contributed by atoms with van der Waals surface area (Å²) in [6.45, 7) is 3.47. The van der Waals surface area contributed by atoms with Gasteiger partial charge in [0.15, 0.2) is 5.82 Å². The number of aromatic nitrogens is 2. The molecule has 0 bridgehead atoms. The van der Waals surface area contributed by atoms with Gasteiger partial charge in [-0.2, -0.15) is 4.98 Å². The largest absolute Gasteiger partial charge is 0.340 e. The van der Waals surface area contributed by atoms with E-state index in [9.17, 15) is 9.18 Å². The van der Waals surface area contributed by atoms with Gasteiger partial charge in [-0.05, 0) is 29.8 Å². The first kappa shape index (κ1) is 18.3. The zero-order valence-electron chi connectivity index (χ0n) is 15.4. The minimum atomic E-state index is -0.303. The predicted molar refractivity (Wildman–Crippen MR) is 102 cm³/mol. The summed E-state index contributed by atoms with van der Waals surface area (Å²) in [4.78, 5) is 21.0. The van der Waals surface area contributed by atoms with E-state index in [1.54, 1.807) is 12.1 Å².